The highest BCUT2D eigenvalue weighted by atomic mass is 79.9. The fraction of sp³-hybridized carbons (Fsp3) is 0.538. The molecule has 0 spiro atoms. The minimum absolute atomic E-state index is 0.581. The Hall–Kier alpha value is -0.0600. The highest BCUT2D eigenvalue weighted by Crippen LogP contribution is 2.15. The summed E-state index contributed by atoms with van der Waals surface area (Å²) in [6, 6.07) is 7.94. The molecule has 0 saturated carbocycles. The Balaban J connectivity index is 2.16. The van der Waals surface area contributed by atoms with Crippen molar-refractivity contribution < 1.29 is 4.74 Å². The number of nitrogens with zero attached hydrogens (tertiary/aromatic N) is 1. The summed E-state index contributed by atoms with van der Waals surface area (Å²) in [5.41, 5.74) is 0. The van der Waals surface area contributed by atoms with Crippen molar-refractivity contribution in [1.82, 2.24) is 4.90 Å². The van der Waals surface area contributed by atoms with Crippen molar-refractivity contribution in [3.05, 3.63) is 28.7 Å². The minimum atomic E-state index is 0.581. The van der Waals surface area contributed by atoms with Crippen LogP contribution in [0.3, 0.4) is 0 Å². The number of ether oxygens (including phenoxy) is 1. The first-order valence-electron chi connectivity index (χ1n) is 5.79. The number of likely N-dealkylation sites (N-methyl/N-ethyl adjacent to an activating group) is 1. The van der Waals surface area contributed by atoms with Crippen LogP contribution in [-0.2, 0) is 0 Å². The van der Waals surface area contributed by atoms with Crippen molar-refractivity contribution >= 4 is 31.9 Å². The van der Waals surface area contributed by atoms with Crippen LogP contribution in [0.25, 0.3) is 0 Å². The van der Waals surface area contributed by atoms with Gasteiger partial charge >= 0.3 is 0 Å². The highest BCUT2D eigenvalue weighted by molar-refractivity contribution is 9.10. The standard InChI is InChI=1S/C13H19Br2NO/c1-11(14)7-8-16(2)9-10-17-13-5-3-12(15)4-6-13/h3-6,11H,7-10H2,1-2H3. The minimum Gasteiger partial charge on any atom is -0.492 e. The molecule has 0 saturated heterocycles. The lowest BCUT2D eigenvalue weighted by Crippen LogP contribution is -2.26. The third-order valence-electron chi connectivity index (χ3n) is 2.46. The molecule has 96 valence electrons. The average Bonchev–Trinajstić information content (AvgIpc) is 2.29. The predicted octanol–water partition coefficient (Wildman–Crippen LogP) is 3.93. The molecule has 0 fully saturated rings. The van der Waals surface area contributed by atoms with Crippen LogP contribution < -0.4 is 4.74 Å². The third-order valence-corrected chi connectivity index (χ3v) is 3.45. The molecule has 1 aromatic rings. The average molecular weight is 365 g/mol. The van der Waals surface area contributed by atoms with E-state index in [4.69, 9.17) is 4.74 Å². The molecule has 0 heterocycles. The second-order valence-electron chi connectivity index (χ2n) is 4.18. The number of alkyl halides is 1. The van der Waals surface area contributed by atoms with E-state index in [2.05, 4.69) is 50.7 Å². The zero-order valence-corrected chi connectivity index (χ0v) is 13.5. The molecule has 0 amide bonds. The largest absolute Gasteiger partial charge is 0.492 e. The molecule has 0 aliphatic heterocycles. The highest BCUT2D eigenvalue weighted by Gasteiger charge is 2.01. The molecule has 4 heteroatoms. The van der Waals surface area contributed by atoms with E-state index in [1.165, 1.54) is 0 Å². The summed E-state index contributed by atoms with van der Waals surface area (Å²) in [6.07, 6.45) is 1.16. The van der Waals surface area contributed by atoms with Crippen LogP contribution in [0.5, 0.6) is 5.75 Å². The van der Waals surface area contributed by atoms with E-state index < -0.39 is 0 Å². The molecule has 1 rings (SSSR count). The molecule has 0 bridgehead atoms. The van der Waals surface area contributed by atoms with Gasteiger partial charge in [0.2, 0.25) is 0 Å². The van der Waals surface area contributed by atoms with Crippen LogP contribution in [0.1, 0.15) is 13.3 Å². The van der Waals surface area contributed by atoms with Crippen LogP contribution in [-0.4, -0.2) is 36.5 Å². The number of halogens is 2. The Morgan fingerprint density at radius 3 is 2.47 bits per heavy atom. The van der Waals surface area contributed by atoms with Gasteiger partial charge < -0.3 is 9.64 Å². The molecular formula is C13H19Br2NO. The molecule has 0 aliphatic rings. The maximum atomic E-state index is 5.66. The van der Waals surface area contributed by atoms with Crippen molar-refractivity contribution in [1.29, 1.82) is 0 Å². The second-order valence-corrected chi connectivity index (χ2v) is 6.65. The van der Waals surface area contributed by atoms with E-state index in [1.807, 2.05) is 24.3 Å². The van der Waals surface area contributed by atoms with Crippen LogP contribution >= 0.6 is 31.9 Å². The van der Waals surface area contributed by atoms with Crippen molar-refractivity contribution in [2.45, 2.75) is 18.2 Å². The normalized spacial score (nSPS) is 12.8. The Labute approximate surface area is 121 Å². The number of hydrogen-bond acceptors (Lipinski definition) is 2. The monoisotopic (exact) mass is 363 g/mol. The smallest absolute Gasteiger partial charge is 0.119 e. The SMILES string of the molecule is CC(Br)CCN(C)CCOc1ccc(Br)cc1. The van der Waals surface area contributed by atoms with Crippen LogP contribution in [0.2, 0.25) is 0 Å². The van der Waals surface area contributed by atoms with E-state index in [9.17, 15) is 0 Å². The molecule has 0 aliphatic carbocycles. The third kappa shape index (κ3) is 7.06. The zero-order chi connectivity index (χ0) is 12.7. The van der Waals surface area contributed by atoms with Gasteiger partial charge in [-0.15, -0.1) is 0 Å². The van der Waals surface area contributed by atoms with Crippen LogP contribution in [0.15, 0.2) is 28.7 Å². The molecule has 0 N–H and O–H groups in total. The van der Waals surface area contributed by atoms with Crippen molar-refractivity contribution in [2.24, 2.45) is 0 Å². The fourth-order valence-corrected chi connectivity index (χ4v) is 1.83. The van der Waals surface area contributed by atoms with Gasteiger partial charge in [0.25, 0.3) is 0 Å². The Morgan fingerprint density at radius 1 is 1.24 bits per heavy atom. The molecule has 2 nitrogen and oxygen atoms in total. The lowest BCUT2D eigenvalue weighted by molar-refractivity contribution is 0.236. The van der Waals surface area contributed by atoms with Crippen molar-refractivity contribution in [2.75, 3.05) is 26.7 Å². The summed E-state index contributed by atoms with van der Waals surface area (Å²) in [7, 11) is 2.13. The van der Waals surface area contributed by atoms with Gasteiger partial charge in [0.15, 0.2) is 0 Å². The zero-order valence-electron chi connectivity index (χ0n) is 10.3. The lowest BCUT2D eigenvalue weighted by atomic mass is 10.3. The maximum Gasteiger partial charge on any atom is 0.119 e. The first-order valence-corrected chi connectivity index (χ1v) is 7.50. The molecule has 1 aromatic carbocycles. The first-order chi connectivity index (χ1) is 8.08. The number of benzene rings is 1. The predicted molar refractivity (Wildman–Crippen MR) is 80.1 cm³/mol. The summed E-state index contributed by atoms with van der Waals surface area (Å²) >= 11 is 6.95. The molecule has 1 unspecified atom stereocenters. The van der Waals surface area contributed by atoms with E-state index in [1.54, 1.807) is 0 Å². The summed E-state index contributed by atoms with van der Waals surface area (Å²) in [4.78, 5) is 2.87. The van der Waals surface area contributed by atoms with Gasteiger partial charge in [0.05, 0.1) is 0 Å². The van der Waals surface area contributed by atoms with Gasteiger partial charge in [-0.05, 0) is 44.3 Å². The Kier molecular flexibility index (Phi) is 7.16. The van der Waals surface area contributed by atoms with E-state index in [0.29, 0.717) is 4.83 Å². The van der Waals surface area contributed by atoms with E-state index >= 15 is 0 Å². The van der Waals surface area contributed by atoms with Crippen LogP contribution in [0.4, 0.5) is 0 Å². The molecule has 1 atom stereocenters. The summed E-state index contributed by atoms with van der Waals surface area (Å²) in [6.45, 7) is 4.95. The quantitative estimate of drug-likeness (QED) is 0.679. The maximum absolute atomic E-state index is 5.66. The van der Waals surface area contributed by atoms with E-state index in [0.717, 1.165) is 36.3 Å². The van der Waals surface area contributed by atoms with Crippen LogP contribution in [0, 0.1) is 0 Å². The van der Waals surface area contributed by atoms with Gasteiger partial charge in [-0.3, -0.25) is 0 Å². The van der Waals surface area contributed by atoms with Crippen molar-refractivity contribution in [3.8, 4) is 5.75 Å². The molecule has 17 heavy (non-hydrogen) atoms. The second kappa shape index (κ2) is 8.11. The number of rotatable bonds is 7. The van der Waals surface area contributed by atoms with Gasteiger partial charge in [-0.25, -0.2) is 0 Å². The van der Waals surface area contributed by atoms with Crippen molar-refractivity contribution in [3.63, 3.8) is 0 Å². The molecule has 0 aromatic heterocycles. The van der Waals surface area contributed by atoms with Gasteiger partial charge in [-0.2, -0.15) is 0 Å². The summed E-state index contributed by atoms with van der Waals surface area (Å²) < 4.78 is 6.74. The Morgan fingerprint density at radius 2 is 1.88 bits per heavy atom. The van der Waals surface area contributed by atoms with Gasteiger partial charge in [0, 0.05) is 15.8 Å². The van der Waals surface area contributed by atoms with E-state index in [-0.39, 0.29) is 0 Å². The molecular weight excluding hydrogens is 346 g/mol. The van der Waals surface area contributed by atoms with Gasteiger partial charge in [-0.1, -0.05) is 38.8 Å². The number of hydrogen-bond donors (Lipinski definition) is 0. The molecule has 0 radical (unpaired) electrons. The Bertz CT molecular complexity index is 314. The fourth-order valence-electron chi connectivity index (χ4n) is 1.36. The summed E-state index contributed by atoms with van der Waals surface area (Å²) in [5, 5.41) is 0. The topological polar surface area (TPSA) is 12.5 Å². The lowest BCUT2D eigenvalue weighted by Gasteiger charge is -2.17. The first kappa shape index (κ1) is 15.0. The summed E-state index contributed by atoms with van der Waals surface area (Å²) in [5.74, 6) is 0.926. The van der Waals surface area contributed by atoms with Gasteiger partial charge in [0.1, 0.15) is 12.4 Å².